The fraction of sp³-hybridized carbons (Fsp3) is 0.714. The van der Waals surface area contributed by atoms with Gasteiger partial charge in [0.2, 0.25) is 0 Å². The van der Waals surface area contributed by atoms with Crippen molar-refractivity contribution in [3.8, 4) is 0 Å². The van der Waals surface area contributed by atoms with E-state index in [1.165, 1.54) is 24.0 Å². The number of nitrogens with zero attached hydrogens (tertiary/aromatic N) is 1. The Morgan fingerprint density at radius 3 is 2.20 bits per heavy atom. The monoisotopic (exact) mass is 209 g/mol. The summed E-state index contributed by atoms with van der Waals surface area (Å²) in [5, 5.41) is 0. The Kier molecular flexibility index (Phi) is 8.40. The van der Waals surface area contributed by atoms with Crippen LogP contribution in [-0.4, -0.2) is 24.5 Å². The lowest BCUT2D eigenvalue weighted by atomic mass is 10.1. The summed E-state index contributed by atoms with van der Waals surface area (Å²) in [5.74, 6) is 0. The van der Waals surface area contributed by atoms with Crippen molar-refractivity contribution in [1.82, 2.24) is 4.90 Å². The molecule has 0 aliphatic carbocycles. The first-order valence-corrected chi connectivity index (χ1v) is 6.12. The topological polar surface area (TPSA) is 3.24 Å². The lowest BCUT2D eigenvalue weighted by Gasteiger charge is -2.15. The van der Waals surface area contributed by atoms with E-state index in [0.29, 0.717) is 0 Å². The zero-order valence-electron chi connectivity index (χ0n) is 11.0. The molecule has 0 fully saturated rings. The van der Waals surface area contributed by atoms with Gasteiger partial charge < -0.3 is 4.90 Å². The SMILES string of the molecule is C=C(C)CCCC(C)=CCN(CC)CC. The molecule has 0 rings (SSSR count). The predicted octanol–water partition coefficient (Wildman–Crippen LogP) is 4.02. The van der Waals surface area contributed by atoms with Gasteiger partial charge in [-0.2, -0.15) is 0 Å². The Morgan fingerprint density at radius 1 is 1.13 bits per heavy atom. The zero-order valence-corrected chi connectivity index (χ0v) is 11.0. The number of rotatable bonds is 8. The van der Waals surface area contributed by atoms with E-state index < -0.39 is 0 Å². The van der Waals surface area contributed by atoms with E-state index in [1.54, 1.807) is 0 Å². The first-order chi connectivity index (χ1) is 7.10. The third kappa shape index (κ3) is 8.44. The van der Waals surface area contributed by atoms with Crippen LogP contribution in [0.25, 0.3) is 0 Å². The summed E-state index contributed by atoms with van der Waals surface area (Å²) in [6, 6.07) is 0. The average molecular weight is 209 g/mol. The highest BCUT2D eigenvalue weighted by Crippen LogP contribution is 2.10. The van der Waals surface area contributed by atoms with Gasteiger partial charge in [0.15, 0.2) is 0 Å². The van der Waals surface area contributed by atoms with Crippen LogP contribution >= 0.6 is 0 Å². The van der Waals surface area contributed by atoms with Gasteiger partial charge in [-0.1, -0.05) is 31.1 Å². The maximum Gasteiger partial charge on any atom is 0.0165 e. The molecule has 0 unspecified atom stereocenters. The minimum Gasteiger partial charge on any atom is -0.300 e. The average Bonchev–Trinajstić information content (AvgIpc) is 2.18. The normalized spacial score (nSPS) is 12.2. The van der Waals surface area contributed by atoms with E-state index in [1.807, 2.05) is 0 Å². The van der Waals surface area contributed by atoms with Gasteiger partial charge in [-0.15, -0.1) is 6.58 Å². The van der Waals surface area contributed by atoms with Gasteiger partial charge in [0, 0.05) is 6.54 Å². The van der Waals surface area contributed by atoms with E-state index in [4.69, 9.17) is 0 Å². The summed E-state index contributed by atoms with van der Waals surface area (Å²) >= 11 is 0. The molecule has 0 radical (unpaired) electrons. The number of likely N-dealkylation sites (N-methyl/N-ethyl adjacent to an activating group) is 1. The van der Waals surface area contributed by atoms with Crippen LogP contribution in [0.5, 0.6) is 0 Å². The molecule has 0 saturated carbocycles. The van der Waals surface area contributed by atoms with Gasteiger partial charge in [0.1, 0.15) is 0 Å². The smallest absolute Gasteiger partial charge is 0.0165 e. The van der Waals surface area contributed by atoms with Gasteiger partial charge >= 0.3 is 0 Å². The van der Waals surface area contributed by atoms with Crippen LogP contribution in [0.3, 0.4) is 0 Å². The van der Waals surface area contributed by atoms with Gasteiger partial charge in [-0.05, 0) is 46.2 Å². The van der Waals surface area contributed by atoms with Gasteiger partial charge in [0.25, 0.3) is 0 Å². The summed E-state index contributed by atoms with van der Waals surface area (Å²) in [7, 11) is 0. The van der Waals surface area contributed by atoms with E-state index in [9.17, 15) is 0 Å². The molecular formula is C14H27N. The van der Waals surface area contributed by atoms with Crippen LogP contribution in [-0.2, 0) is 0 Å². The molecule has 1 nitrogen and oxygen atoms in total. The molecule has 0 aliphatic rings. The van der Waals surface area contributed by atoms with Crippen molar-refractivity contribution in [2.45, 2.75) is 47.0 Å². The molecule has 0 amide bonds. The van der Waals surface area contributed by atoms with E-state index in [0.717, 1.165) is 26.1 Å². The van der Waals surface area contributed by atoms with Crippen LogP contribution in [0.2, 0.25) is 0 Å². The predicted molar refractivity (Wildman–Crippen MR) is 70.2 cm³/mol. The molecule has 0 bridgehead atoms. The second kappa shape index (κ2) is 8.72. The van der Waals surface area contributed by atoms with Crippen LogP contribution in [0, 0.1) is 0 Å². The van der Waals surface area contributed by atoms with Gasteiger partial charge in [-0.3, -0.25) is 0 Å². The van der Waals surface area contributed by atoms with Crippen molar-refractivity contribution in [3.05, 3.63) is 23.8 Å². The molecule has 0 heterocycles. The summed E-state index contributed by atoms with van der Waals surface area (Å²) in [6.07, 6.45) is 5.99. The van der Waals surface area contributed by atoms with E-state index >= 15 is 0 Å². The Hall–Kier alpha value is -0.560. The molecule has 15 heavy (non-hydrogen) atoms. The first kappa shape index (κ1) is 14.4. The molecule has 0 spiro atoms. The second-order valence-corrected chi connectivity index (χ2v) is 4.35. The maximum absolute atomic E-state index is 3.93. The molecule has 0 aromatic rings. The third-order valence-corrected chi connectivity index (χ3v) is 2.77. The molecule has 0 N–H and O–H groups in total. The molecule has 88 valence electrons. The molecule has 1 heteroatoms. The molecule has 0 saturated heterocycles. The largest absolute Gasteiger partial charge is 0.300 e. The molecule has 0 atom stereocenters. The number of hydrogen-bond donors (Lipinski definition) is 0. The third-order valence-electron chi connectivity index (χ3n) is 2.77. The molecule has 0 aliphatic heterocycles. The Bertz CT molecular complexity index is 199. The summed E-state index contributed by atoms with van der Waals surface area (Å²) in [5.41, 5.74) is 2.81. The van der Waals surface area contributed by atoms with Crippen molar-refractivity contribution < 1.29 is 0 Å². The highest BCUT2D eigenvalue weighted by molar-refractivity contribution is 5.00. The van der Waals surface area contributed by atoms with Crippen LogP contribution in [0.15, 0.2) is 23.8 Å². The minimum atomic E-state index is 1.10. The Balaban J connectivity index is 3.72. The second-order valence-electron chi connectivity index (χ2n) is 4.35. The summed E-state index contributed by atoms with van der Waals surface area (Å²) in [4.78, 5) is 2.43. The summed E-state index contributed by atoms with van der Waals surface area (Å²) in [6.45, 7) is 16.1. The van der Waals surface area contributed by atoms with Crippen LogP contribution in [0.1, 0.15) is 47.0 Å². The van der Waals surface area contributed by atoms with E-state index in [2.05, 4.69) is 45.2 Å². The van der Waals surface area contributed by atoms with Crippen molar-refractivity contribution in [2.75, 3.05) is 19.6 Å². The fourth-order valence-corrected chi connectivity index (χ4v) is 1.54. The lowest BCUT2D eigenvalue weighted by Crippen LogP contribution is -2.22. The maximum atomic E-state index is 3.93. The molecule has 0 aromatic carbocycles. The highest BCUT2D eigenvalue weighted by Gasteiger charge is 1.96. The van der Waals surface area contributed by atoms with Gasteiger partial charge in [-0.25, -0.2) is 0 Å². The Morgan fingerprint density at radius 2 is 1.73 bits per heavy atom. The first-order valence-electron chi connectivity index (χ1n) is 6.12. The van der Waals surface area contributed by atoms with Crippen molar-refractivity contribution in [3.63, 3.8) is 0 Å². The van der Waals surface area contributed by atoms with Crippen molar-refractivity contribution >= 4 is 0 Å². The van der Waals surface area contributed by atoms with Gasteiger partial charge in [0.05, 0.1) is 0 Å². The molecule has 0 aromatic heterocycles. The quantitative estimate of drug-likeness (QED) is 0.546. The van der Waals surface area contributed by atoms with Crippen molar-refractivity contribution in [2.24, 2.45) is 0 Å². The number of allylic oxidation sites excluding steroid dienone is 2. The van der Waals surface area contributed by atoms with Crippen molar-refractivity contribution in [1.29, 1.82) is 0 Å². The minimum absolute atomic E-state index is 1.10. The van der Waals surface area contributed by atoms with Crippen LogP contribution < -0.4 is 0 Å². The zero-order chi connectivity index (χ0) is 11.7. The number of hydrogen-bond acceptors (Lipinski definition) is 1. The van der Waals surface area contributed by atoms with E-state index in [-0.39, 0.29) is 0 Å². The summed E-state index contributed by atoms with van der Waals surface area (Å²) < 4.78 is 0. The Labute approximate surface area is 95.9 Å². The highest BCUT2D eigenvalue weighted by atomic mass is 15.1. The molecular weight excluding hydrogens is 182 g/mol. The van der Waals surface area contributed by atoms with Crippen LogP contribution in [0.4, 0.5) is 0 Å². The fourth-order valence-electron chi connectivity index (χ4n) is 1.54. The standard InChI is InChI=1S/C14H27N/c1-6-15(7-2)12-11-14(5)10-8-9-13(3)4/h11H,3,6-10,12H2,1-2,4-5H3. The lowest BCUT2D eigenvalue weighted by molar-refractivity contribution is 0.336.